The predicted octanol–water partition coefficient (Wildman–Crippen LogP) is 5.13. The normalized spacial score (nSPS) is 25.0. The number of aliphatic hydroxyl groups is 1. The Morgan fingerprint density at radius 3 is 2.47 bits per heavy atom. The minimum Gasteiger partial charge on any atom is -0.490 e. The fourth-order valence-electron chi connectivity index (χ4n) is 4.82. The van der Waals surface area contributed by atoms with Crippen molar-refractivity contribution in [2.24, 2.45) is 5.92 Å². The van der Waals surface area contributed by atoms with Crippen molar-refractivity contribution >= 4 is 33.2 Å². The van der Waals surface area contributed by atoms with Crippen molar-refractivity contribution in [2.45, 2.75) is 40.9 Å². The molecule has 2 heterocycles. The van der Waals surface area contributed by atoms with Crippen molar-refractivity contribution in [1.82, 2.24) is 0 Å². The van der Waals surface area contributed by atoms with Crippen molar-refractivity contribution in [3.63, 3.8) is 0 Å². The Balaban J connectivity index is 1.73. The molecule has 0 saturated carbocycles. The van der Waals surface area contributed by atoms with Crippen LogP contribution in [0.25, 0.3) is 0 Å². The second kappa shape index (κ2) is 10.3. The summed E-state index contributed by atoms with van der Waals surface area (Å²) in [6.45, 7) is -0.417. The molecule has 198 valence electrons. The molecule has 5 nitrogen and oxygen atoms in total. The second-order valence-corrected chi connectivity index (χ2v) is 12.4. The lowest BCUT2D eigenvalue weighted by atomic mass is 9.75. The van der Waals surface area contributed by atoms with Gasteiger partial charge in [-0.3, -0.25) is 0 Å². The van der Waals surface area contributed by atoms with Crippen LogP contribution in [0, 0.1) is 17.6 Å². The summed E-state index contributed by atoms with van der Waals surface area (Å²) >= 11 is 6.75. The van der Waals surface area contributed by atoms with Crippen LogP contribution in [0.4, 0.5) is 22.0 Å². The van der Waals surface area contributed by atoms with Gasteiger partial charge in [0.1, 0.15) is 10.6 Å². The quantitative estimate of drug-likeness (QED) is 0.366. The van der Waals surface area contributed by atoms with Gasteiger partial charge in [-0.05, 0) is 55.0 Å². The molecule has 0 unspecified atom stereocenters. The number of thioether (sulfide) groups is 1. The summed E-state index contributed by atoms with van der Waals surface area (Å²) in [6, 6.07) is 7.03. The molecule has 0 spiro atoms. The lowest BCUT2D eigenvalue weighted by Crippen LogP contribution is -2.57. The maximum absolute atomic E-state index is 15.3. The fraction of sp³-hybridized carbons (Fsp3) is 0.478. The molecule has 0 aliphatic carbocycles. The number of fused-ring (bicyclic) bond motifs is 3. The number of hydrogen-bond acceptors (Lipinski definition) is 6. The van der Waals surface area contributed by atoms with E-state index in [9.17, 15) is 31.1 Å². The summed E-state index contributed by atoms with van der Waals surface area (Å²) in [7, 11) is -4.37. The van der Waals surface area contributed by atoms with Gasteiger partial charge < -0.3 is 14.6 Å². The van der Waals surface area contributed by atoms with Crippen molar-refractivity contribution in [3.8, 4) is 5.75 Å². The van der Waals surface area contributed by atoms with Crippen LogP contribution in [0.2, 0.25) is 5.02 Å². The van der Waals surface area contributed by atoms with Crippen LogP contribution >= 0.6 is 23.4 Å². The first-order chi connectivity index (χ1) is 16.9. The monoisotopic (exact) mass is 572 g/mol. The molecule has 2 aromatic rings. The third-order valence-electron chi connectivity index (χ3n) is 6.55. The molecule has 0 radical (unpaired) electrons. The van der Waals surface area contributed by atoms with Crippen molar-refractivity contribution in [1.29, 1.82) is 0 Å². The predicted molar refractivity (Wildman–Crippen MR) is 124 cm³/mol. The standard InChI is InChI=1S/C23H22ClF5O5S2/c24-13-1-3-14(4-2-13)36(31,32)22-8-9-33-18(7-10-35-12-19(30)23(27,28)29)15(22)11-34-21-17(26)6-5-16(25)20(21)22/h1-6,15,18-19,30H,7-12H2/t15-,18-,19-,22-/m0/s1. The van der Waals surface area contributed by atoms with Crippen LogP contribution in [0.3, 0.4) is 0 Å². The first-order valence-corrected chi connectivity index (χ1v) is 14.0. The first kappa shape index (κ1) is 27.4. The summed E-state index contributed by atoms with van der Waals surface area (Å²) in [5.41, 5.74) is -0.415. The van der Waals surface area contributed by atoms with Gasteiger partial charge in [0.05, 0.1) is 23.2 Å². The first-order valence-electron chi connectivity index (χ1n) is 10.9. The molecule has 4 atom stereocenters. The zero-order valence-electron chi connectivity index (χ0n) is 18.6. The van der Waals surface area contributed by atoms with E-state index in [2.05, 4.69) is 0 Å². The molecule has 2 aromatic carbocycles. The Labute approximate surface area is 213 Å². The summed E-state index contributed by atoms with van der Waals surface area (Å²) in [5.74, 6) is -3.82. The van der Waals surface area contributed by atoms with E-state index in [1.807, 2.05) is 0 Å². The van der Waals surface area contributed by atoms with E-state index < -0.39 is 67.6 Å². The fourth-order valence-corrected chi connectivity index (χ4v) is 8.27. The highest BCUT2D eigenvalue weighted by atomic mass is 35.5. The van der Waals surface area contributed by atoms with Gasteiger partial charge in [0.2, 0.25) is 0 Å². The number of hydrogen-bond donors (Lipinski definition) is 1. The van der Waals surface area contributed by atoms with E-state index in [-0.39, 0.29) is 41.7 Å². The summed E-state index contributed by atoms with van der Waals surface area (Å²) < 4.78 is 105. The Hall–Kier alpha value is -1.60. The zero-order chi connectivity index (χ0) is 26.3. The van der Waals surface area contributed by atoms with Crippen molar-refractivity contribution in [3.05, 3.63) is 58.6 Å². The van der Waals surface area contributed by atoms with E-state index >= 15 is 4.39 Å². The van der Waals surface area contributed by atoms with Gasteiger partial charge in [-0.1, -0.05) is 11.6 Å². The van der Waals surface area contributed by atoms with Crippen LogP contribution in [0.1, 0.15) is 18.4 Å². The van der Waals surface area contributed by atoms with Crippen molar-refractivity contribution in [2.75, 3.05) is 24.7 Å². The molecule has 2 aliphatic heterocycles. The van der Waals surface area contributed by atoms with Crippen LogP contribution in [0.5, 0.6) is 5.75 Å². The van der Waals surface area contributed by atoms with Gasteiger partial charge >= 0.3 is 6.18 Å². The number of halogens is 6. The molecule has 0 bridgehead atoms. The Bertz CT molecular complexity index is 1210. The number of aliphatic hydroxyl groups excluding tert-OH is 1. The number of alkyl halides is 3. The molecule has 1 N–H and O–H groups in total. The molecule has 0 aromatic heterocycles. The summed E-state index contributed by atoms with van der Waals surface area (Å²) in [5, 5.41) is 9.49. The van der Waals surface area contributed by atoms with E-state index in [0.717, 1.165) is 23.9 Å². The maximum Gasteiger partial charge on any atom is 0.415 e. The van der Waals surface area contributed by atoms with Gasteiger partial charge in [0.25, 0.3) is 0 Å². The molecular formula is C23H22ClF5O5S2. The third-order valence-corrected chi connectivity index (χ3v) is 10.4. The van der Waals surface area contributed by atoms with Gasteiger partial charge in [-0.25, -0.2) is 17.2 Å². The molecule has 4 rings (SSSR count). The molecule has 2 aliphatic rings. The van der Waals surface area contributed by atoms with Crippen LogP contribution in [-0.2, 0) is 19.3 Å². The molecular weight excluding hydrogens is 551 g/mol. The molecule has 0 amide bonds. The average Bonchev–Trinajstić information content (AvgIpc) is 2.83. The van der Waals surface area contributed by atoms with E-state index in [4.69, 9.17) is 21.1 Å². The summed E-state index contributed by atoms with van der Waals surface area (Å²) in [6.07, 6.45) is -8.17. The summed E-state index contributed by atoms with van der Waals surface area (Å²) in [4.78, 5) is -0.142. The Kier molecular flexibility index (Phi) is 7.83. The van der Waals surface area contributed by atoms with Gasteiger partial charge in [0.15, 0.2) is 27.5 Å². The minimum atomic E-state index is -4.75. The van der Waals surface area contributed by atoms with Crippen LogP contribution in [-0.4, -0.2) is 56.6 Å². The van der Waals surface area contributed by atoms with Crippen LogP contribution in [0.15, 0.2) is 41.3 Å². The highest BCUT2D eigenvalue weighted by Gasteiger charge is 2.61. The maximum atomic E-state index is 15.3. The second-order valence-electron chi connectivity index (χ2n) is 8.58. The van der Waals surface area contributed by atoms with E-state index in [1.54, 1.807) is 0 Å². The highest BCUT2D eigenvalue weighted by Crippen LogP contribution is 2.56. The van der Waals surface area contributed by atoms with Crippen LogP contribution < -0.4 is 4.74 Å². The zero-order valence-corrected chi connectivity index (χ0v) is 21.0. The number of benzene rings is 2. The van der Waals surface area contributed by atoms with Gasteiger partial charge in [0, 0.05) is 23.3 Å². The Morgan fingerprint density at radius 1 is 1.14 bits per heavy atom. The lowest BCUT2D eigenvalue weighted by molar-refractivity contribution is -0.195. The van der Waals surface area contributed by atoms with Crippen molar-refractivity contribution < 1.29 is 45.0 Å². The average molecular weight is 573 g/mol. The molecule has 1 fully saturated rings. The smallest absolute Gasteiger partial charge is 0.415 e. The number of sulfone groups is 1. The molecule has 13 heteroatoms. The van der Waals surface area contributed by atoms with Gasteiger partial charge in [-0.2, -0.15) is 24.9 Å². The van der Waals surface area contributed by atoms with E-state index in [0.29, 0.717) is 0 Å². The third kappa shape index (κ3) is 4.82. The lowest BCUT2D eigenvalue weighted by Gasteiger charge is -2.50. The van der Waals surface area contributed by atoms with E-state index in [1.165, 1.54) is 24.3 Å². The van der Waals surface area contributed by atoms with Gasteiger partial charge in [-0.15, -0.1) is 0 Å². The minimum absolute atomic E-state index is 0.101. The topological polar surface area (TPSA) is 72.8 Å². The number of rotatable bonds is 7. The highest BCUT2D eigenvalue weighted by molar-refractivity contribution is 7.99. The molecule has 1 saturated heterocycles. The Morgan fingerprint density at radius 2 is 1.81 bits per heavy atom. The largest absolute Gasteiger partial charge is 0.490 e. The molecule has 36 heavy (non-hydrogen) atoms. The number of ether oxygens (including phenoxy) is 2. The SMILES string of the molecule is O=S(=O)(c1ccc(Cl)cc1)[C@@]12CCO[C@@H](CCSC[C@H](O)C(F)(F)F)[C@@H]1COc1c(F)ccc(F)c12.